The molecule has 0 aromatic carbocycles. The summed E-state index contributed by atoms with van der Waals surface area (Å²) in [6.45, 7) is 5.39. The maximum Gasteiger partial charge on any atom is 4.00 e. The maximum absolute atomic E-state index is 9.98. The Balaban J connectivity index is -0.0000000800. The van der Waals surface area contributed by atoms with E-state index in [0.717, 1.165) is 12.2 Å². The molecule has 0 amide bonds. The van der Waals surface area contributed by atoms with E-state index in [-0.39, 0.29) is 49.6 Å². The van der Waals surface area contributed by atoms with Crippen LogP contribution in [-0.2, 0) is 36.1 Å². The second-order valence-electron chi connectivity index (χ2n) is 2.73. The molecule has 0 saturated heterocycles. The van der Waals surface area contributed by atoms with Crippen LogP contribution >= 0.6 is 0 Å². The van der Waals surface area contributed by atoms with Gasteiger partial charge in [0.2, 0.25) is 0 Å². The largest absolute Gasteiger partial charge is 4.00 e. The zero-order valence-electron chi connectivity index (χ0n) is 9.60. The Hall–Kier alpha value is -0.932. The van der Waals surface area contributed by atoms with Gasteiger partial charge in [-0.05, 0) is 26.0 Å². The zero-order chi connectivity index (χ0) is 11.7. The Morgan fingerprint density at radius 3 is 1.00 bits per heavy atom. The van der Waals surface area contributed by atoms with Crippen molar-refractivity contribution in [2.75, 3.05) is 0 Å². The van der Waals surface area contributed by atoms with E-state index < -0.39 is 0 Å². The molecule has 0 spiro atoms. The SMILES string of the molecule is CC(=O)/C=C(/C)[O-].CC(=O)/C=C(/C)[O-].[Mo+4].[O-2]. The topological polar surface area (TPSA) is 109 Å². The van der Waals surface area contributed by atoms with E-state index in [4.69, 9.17) is 0 Å². The van der Waals surface area contributed by atoms with Crippen LogP contribution in [0.15, 0.2) is 23.7 Å². The van der Waals surface area contributed by atoms with Gasteiger partial charge in [-0.1, -0.05) is 13.8 Å². The molecule has 0 heterocycles. The van der Waals surface area contributed by atoms with Crippen LogP contribution in [0.1, 0.15) is 27.7 Å². The predicted molar refractivity (Wildman–Crippen MR) is 49.6 cm³/mol. The number of allylic oxidation sites excluding steroid dienone is 4. The van der Waals surface area contributed by atoms with Crippen LogP contribution in [0, 0.1) is 0 Å². The standard InChI is InChI=1S/2C5H8O2.Mo.O/c2*1-4(6)3-5(2)7;;/h2*3,6H,1-2H3;;/q;;+4;-2/p-2/b2*4-3-;;. The summed E-state index contributed by atoms with van der Waals surface area (Å²) in [6, 6.07) is 0. The summed E-state index contributed by atoms with van der Waals surface area (Å²) in [5.41, 5.74) is 0. The summed E-state index contributed by atoms with van der Waals surface area (Å²) in [6.07, 6.45) is 2.11. The molecule has 0 unspecified atom stereocenters. The van der Waals surface area contributed by atoms with Crippen molar-refractivity contribution in [2.45, 2.75) is 27.7 Å². The zero-order valence-corrected chi connectivity index (χ0v) is 11.6. The first-order valence-corrected chi connectivity index (χ1v) is 3.97. The quantitative estimate of drug-likeness (QED) is 0.391. The molecule has 0 radical (unpaired) electrons. The minimum absolute atomic E-state index is 0. The van der Waals surface area contributed by atoms with Crippen molar-refractivity contribution in [1.29, 1.82) is 0 Å². The van der Waals surface area contributed by atoms with Gasteiger partial charge in [0.1, 0.15) is 0 Å². The fourth-order valence-corrected chi connectivity index (χ4v) is 0.572. The molecule has 5 nitrogen and oxygen atoms in total. The molecule has 0 atom stereocenters. The van der Waals surface area contributed by atoms with E-state index in [1.165, 1.54) is 27.7 Å². The van der Waals surface area contributed by atoms with E-state index in [0.29, 0.717) is 0 Å². The average Bonchev–Trinajstić information content (AvgIpc) is 1.79. The fourth-order valence-electron chi connectivity index (χ4n) is 0.572. The van der Waals surface area contributed by atoms with Crippen molar-refractivity contribution < 1.29 is 46.3 Å². The molecule has 0 aliphatic heterocycles. The van der Waals surface area contributed by atoms with Crippen LogP contribution in [0.2, 0.25) is 0 Å². The van der Waals surface area contributed by atoms with Crippen molar-refractivity contribution in [3.63, 3.8) is 0 Å². The molecular formula is C10H14MoO5. The van der Waals surface area contributed by atoms with Gasteiger partial charge >= 0.3 is 21.1 Å². The molecule has 0 aromatic rings. The minimum Gasteiger partial charge on any atom is -2.00 e. The molecule has 0 N–H and O–H groups in total. The summed E-state index contributed by atoms with van der Waals surface area (Å²) in [5.74, 6) is -0.750. The second kappa shape index (κ2) is 14.1. The first-order valence-electron chi connectivity index (χ1n) is 3.97. The molecule has 0 bridgehead atoms. The molecule has 0 aliphatic carbocycles. The third-order valence-electron chi connectivity index (χ3n) is 0.813. The molecule has 0 saturated carbocycles. The van der Waals surface area contributed by atoms with Crippen molar-refractivity contribution >= 4 is 11.6 Å². The van der Waals surface area contributed by atoms with Crippen LogP contribution < -0.4 is 10.2 Å². The average molecular weight is 310 g/mol. The fraction of sp³-hybridized carbons (Fsp3) is 0.400. The number of carbonyl (C=O) groups excluding carboxylic acids is 2. The van der Waals surface area contributed by atoms with E-state index in [1.807, 2.05) is 0 Å². The third-order valence-corrected chi connectivity index (χ3v) is 0.813. The minimum atomic E-state index is -0.187. The van der Waals surface area contributed by atoms with E-state index in [9.17, 15) is 19.8 Å². The molecule has 6 heteroatoms. The van der Waals surface area contributed by atoms with Gasteiger partial charge in [-0.15, -0.1) is 11.5 Å². The smallest absolute Gasteiger partial charge is 2.00 e. The molecule has 16 heavy (non-hydrogen) atoms. The van der Waals surface area contributed by atoms with Crippen molar-refractivity contribution in [1.82, 2.24) is 0 Å². The van der Waals surface area contributed by atoms with Gasteiger partial charge in [-0.25, -0.2) is 0 Å². The van der Waals surface area contributed by atoms with Gasteiger partial charge < -0.3 is 15.7 Å². The van der Waals surface area contributed by atoms with Gasteiger partial charge in [-0.3, -0.25) is 9.59 Å². The number of ketones is 2. The van der Waals surface area contributed by atoms with Crippen LogP contribution in [0.5, 0.6) is 0 Å². The van der Waals surface area contributed by atoms with Gasteiger partial charge in [0.25, 0.3) is 0 Å². The van der Waals surface area contributed by atoms with Crippen molar-refractivity contribution in [3.05, 3.63) is 23.7 Å². The maximum atomic E-state index is 9.98. The third kappa shape index (κ3) is 38.1. The summed E-state index contributed by atoms with van der Waals surface area (Å²) in [7, 11) is 0. The first-order chi connectivity index (χ1) is 6.25. The van der Waals surface area contributed by atoms with Crippen LogP contribution in [0.4, 0.5) is 0 Å². The molecule has 0 rings (SSSR count). The number of rotatable bonds is 2. The molecular weight excluding hydrogens is 296 g/mol. The van der Waals surface area contributed by atoms with Crippen LogP contribution in [0.25, 0.3) is 0 Å². The summed E-state index contributed by atoms with van der Waals surface area (Å²) < 4.78 is 0. The van der Waals surface area contributed by atoms with Gasteiger partial charge in [0.05, 0.1) is 0 Å². The van der Waals surface area contributed by atoms with Crippen molar-refractivity contribution in [2.24, 2.45) is 0 Å². The molecule has 0 aliphatic rings. The molecule has 0 fully saturated rings. The Morgan fingerprint density at radius 2 is 1.00 bits per heavy atom. The normalized spacial score (nSPS) is 10.0. The first kappa shape index (κ1) is 24.3. The van der Waals surface area contributed by atoms with Gasteiger partial charge in [-0.2, -0.15) is 0 Å². The number of hydrogen-bond donors (Lipinski definition) is 0. The number of hydrogen-bond acceptors (Lipinski definition) is 4. The Kier molecular flexibility index (Phi) is 21.4. The molecule has 0 aromatic heterocycles. The second-order valence-corrected chi connectivity index (χ2v) is 2.73. The number of carbonyl (C=O) groups is 2. The van der Waals surface area contributed by atoms with Gasteiger partial charge in [0.15, 0.2) is 11.6 Å². The van der Waals surface area contributed by atoms with Crippen LogP contribution in [-0.4, -0.2) is 11.6 Å². The van der Waals surface area contributed by atoms with Crippen LogP contribution in [0.3, 0.4) is 0 Å². The Labute approximate surface area is 109 Å². The summed E-state index contributed by atoms with van der Waals surface area (Å²) >= 11 is 0. The van der Waals surface area contributed by atoms with E-state index >= 15 is 0 Å². The van der Waals surface area contributed by atoms with E-state index in [2.05, 4.69) is 0 Å². The summed E-state index contributed by atoms with van der Waals surface area (Å²) in [5, 5.41) is 20.0. The summed E-state index contributed by atoms with van der Waals surface area (Å²) in [4.78, 5) is 20.0. The molecule has 90 valence electrons. The monoisotopic (exact) mass is 312 g/mol. The Morgan fingerprint density at radius 1 is 0.812 bits per heavy atom. The predicted octanol–water partition coefficient (Wildman–Crippen LogP) is -0.442. The van der Waals surface area contributed by atoms with Gasteiger partial charge in [0, 0.05) is 0 Å². The van der Waals surface area contributed by atoms with Crippen molar-refractivity contribution in [3.8, 4) is 0 Å². The van der Waals surface area contributed by atoms with E-state index in [1.54, 1.807) is 0 Å². The Bertz CT molecular complexity index is 232.